The Kier molecular flexibility index (Phi) is 33.0. The number of hydrogen-bond donors (Lipinski definition) is 0. The van der Waals surface area contributed by atoms with Gasteiger partial charge in [0.15, 0.2) is 0 Å². The van der Waals surface area contributed by atoms with Crippen LogP contribution in [-0.4, -0.2) is 0 Å². The zero-order chi connectivity index (χ0) is 61.1. The van der Waals surface area contributed by atoms with Crippen molar-refractivity contribution < 1.29 is 0 Å². The number of rotatable bonds is 20. The molecular weight excluding hydrogens is 987 g/mol. The van der Waals surface area contributed by atoms with Gasteiger partial charge in [0, 0.05) is 34.3 Å². The van der Waals surface area contributed by atoms with Gasteiger partial charge in [0.05, 0.1) is 5.41 Å². The Hall–Kier alpha value is -7.48. The van der Waals surface area contributed by atoms with Gasteiger partial charge in [-0.25, -0.2) is 0 Å². The summed E-state index contributed by atoms with van der Waals surface area (Å²) in [6.45, 7) is 50.9. The highest BCUT2D eigenvalue weighted by Gasteiger charge is 2.51. The van der Waals surface area contributed by atoms with E-state index in [1.807, 2.05) is 80.5 Å². The van der Waals surface area contributed by atoms with E-state index in [-0.39, 0.29) is 11.3 Å². The van der Waals surface area contributed by atoms with Crippen molar-refractivity contribution in [1.82, 2.24) is 0 Å². The molecule has 2 aliphatic carbocycles. The maximum absolute atomic E-state index is 4.87. The summed E-state index contributed by atoms with van der Waals surface area (Å²) in [5.41, 5.74) is 18.7. The first-order chi connectivity index (χ1) is 40.0. The SMILES string of the molecule is C=C/C(C1=C(C)C(c2ccccc2)(c2ccccc2)CC1c1ccccc1)=C(C)\C=C/C.C=C/C=C(\C=C)C1CC(C(=C)CC/C=C\CC)(c2ccccc2)C(N(/C(C)=C/C=C\C=C/C)c2cccc(C)c2)=C1C.CC.CC.CC.CC. The summed E-state index contributed by atoms with van der Waals surface area (Å²) in [6.07, 6.45) is 32.3. The Morgan fingerprint density at radius 2 is 1.16 bits per heavy atom. The van der Waals surface area contributed by atoms with Crippen molar-refractivity contribution in [3.63, 3.8) is 0 Å². The van der Waals surface area contributed by atoms with Gasteiger partial charge < -0.3 is 4.90 Å². The van der Waals surface area contributed by atoms with Gasteiger partial charge in [0.2, 0.25) is 0 Å². The summed E-state index contributed by atoms with van der Waals surface area (Å²) in [5.74, 6) is 0.474. The second kappa shape index (κ2) is 38.3. The first kappa shape index (κ1) is 70.6. The minimum Gasteiger partial charge on any atom is -0.317 e. The summed E-state index contributed by atoms with van der Waals surface area (Å²) < 4.78 is 0. The molecule has 0 aromatic heterocycles. The quantitative estimate of drug-likeness (QED) is 0.0555. The van der Waals surface area contributed by atoms with Crippen molar-refractivity contribution in [3.8, 4) is 0 Å². The fourth-order valence-corrected chi connectivity index (χ4v) is 11.7. The van der Waals surface area contributed by atoms with Crippen LogP contribution < -0.4 is 4.90 Å². The molecule has 2 aliphatic rings. The van der Waals surface area contributed by atoms with Crippen molar-refractivity contribution in [1.29, 1.82) is 0 Å². The van der Waals surface area contributed by atoms with Gasteiger partial charge in [0.25, 0.3) is 0 Å². The molecule has 0 radical (unpaired) electrons. The molecule has 0 bridgehead atoms. The molecule has 82 heavy (non-hydrogen) atoms. The molecule has 0 N–H and O–H groups in total. The van der Waals surface area contributed by atoms with Gasteiger partial charge >= 0.3 is 0 Å². The van der Waals surface area contributed by atoms with Crippen molar-refractivity contribution in [2.45, 2.75) is 160 Å². The van der Waals surface area contributed by atoms with Crippen molar-refractivity contribution in [2.24, 2.45) is 5.92 Å². The molecule has 3 atom stereocenters. The Morgan fingerprint density at radius 3 is 1.65 bits per heavy atom. The van der Waals surface area contributed by atoms with E-state index in [9.17, 15) is 0 Å². The molecule has 0 saturated heterocycles. The maximum Gasteiger partial charge on any atom is 0.0573 e. The number of hydrogen-bond acceptors (Lipinski definition) is 1. The number of anilines is 1. The molecular formula is C81H105N. The van der Waals surface area contributed by atoms with E-state index in [2.05, 4.69) is 279 Å². The first-order valence-corrected chi connectivity index (χ1v) is 30.7. The van der Waals surface area contributed by atoms with E-state index in [1.54, 1.807) is 0 Å². The third-order valence-corrected chi connectivity index (χ3v) is 15.2. The number of benzene rings is 5. The molecule has 0 amide bonds. The Labute approximate surface area is 502 Å². The number of nitrogens with zero attached hydrogens (tertiary/aromatic N) is 1. The molecule has 0 aliphatic heterocycles. The normalized spacial score (nSPS) is 17.7. The van der Waals surface area contributed by atoms with Crippen LogP contribution in [0.1, 0.15) is 170 Å². The Morgan fingerprint density at radius 1 is 0.610 bits per heavy atom. The van der Waals surface area contributed by atoms with Crippen molar-refractivity contribution >= 4 is 5.69 Å². The summed E-state index contributed by atoms with van der Waals surface area (Å²) in [6, 6.07) is 52.8. The fourth-order valence-electron chi connectivity index (χ4n) is 11.7. The maximum atomic E-state index is 4.87. The molecule has 0 saturated carbocycles. The molecule has 0 fully saturated rings. The van der Waals surface area contributed by atoms with Crippen LogP contribution >= 0.6 is 0 Å². The van der Waals surface area contributed by atoms with Crippen LogP contribution in [0.25, 0.3) is 0 Å². The van der Waals surface area contributed by atoms with Crippen LogP contribution in [0.2, 0.25) is 0 Å². The van der Waals surface area contributed by atoms with Crippen molar-refractivity contribution in [3.05, 3.63) is 329 Å². The molecule has 5 aromatic carbocycles. The van der Waals surface area contributed by atoms with E-state index in [0.717, 1.165) is 43.5 Å². The lowest BCUT2D eigenvalue weighted by Gasteiger charge is -2.42. The molecule has 1 nitrogen and oxygen atoms in total. The standard InChI is InChI=1S/C41H49N.C32H32.4C2H6/c1-9-13-15-18-25-33(6)41(37-27-20-17-21-28-37)31-39(36(12-4)23-11-3)35(8)40(41)42(34(7)26-19-16-14-10-2)38-29-22-24-32(5)30-38;1-5-16-24(3)29(6-2)31-25(4)32(27-19-12-8-13-20-27,28-21-14-9-15-22-28)23-30(31)26-17-10-7-11-18-26;4*1-2/h10-17,19-24,26-30,39H,3-4,6,9,18,25,31H2,1-2,5,7-8H3;5-22,30H,2,23H2,1,3-4H3;4*1-2H3/b14-10-,15-13-,19-16-,34-26+,36-23+;16-5-,29-24+;;;;. The highest BCUT2D eigenvalue weighted by Crippen LogP contribution is 2.59. The Bertz CT molecular complexity index is 2950. The second-order valence-corrected chi connectivity index (χ2v) is 19.7. The molecule has 1 heteroatoms. The fraction of sp³-hybridized carbons (Fsp3) is 0.309. The van der Waals surface area contributed by atoms with E-state index >= 15 is 0 Å². The lowest BCUT2D eigenvalue weighted by atomic mass is 9.68. The predicted octanol–water partition coefficient (Wildman–Crippen LogP) is 24.3. The topological polar surface area (TPSA) is 3.24 Å². The molecule has 0 heterocycles. The highest BCUT2D eigenvalue weighted by atomic mass is 15.2. The number of aryl methyl sites for hydroxylation is 1. The summed E-state index contributed by atoms with van der Waals surface area (Å²) in [5, 5.41) is 0. The van der Waals surface area contributed by atoms with Gasteiger partial charge in [-0.1, -0.05) is 306 Å². The summed E-state index contributed by atoms with van der Waals surface area (Å²) in [4.78, 5) is 2.48. The van der Waals surface area contributed by atoms with Crippen LogP contribution in [0.3, 0.4) is 0 Å². The Balaban J connectivity index is 0.000000512. The molecule has 434 valence electrons. The van der Waals surface area contributed by atoms with Crippen molar-refractivity contribution in [2.75, 3.05) is 4.90 Å². The largest absolute Gasteiger partial charge is 0.317 e. The lowest BCUT2D eigenvalue weighted by molar-refractivity contribution is 0.507. The lowest BCUT2D eigenvalue weighted by Crippen LogP contribution is -2.38. The molecule has 5 aromatic rings. The third kappa shape index (κ3) is 17.3. The van der Waals surface area contributed by atoms with E-state index in [1.165, 1.54) is 72.5 Å². The second-order valence-electron chi connectivity index (χ2n) is 19.7. The highest BCUT2D eigenvalue weighted by molar-refractivity contribution is 5.69. The smallest absolute Gasteiger partial charge is 0.0573 e. The third-order valence-electron chi connectivity index (χ3n) is 15.2. The minimum absolute atomic E-state index is 0.178. The predicted molar refractivity (Wildman–Crippen MR) is 370 cm³/mol. The monoisotopic (exact) mass is 1090 g/mol. The van der Waals surface area contributed by atoms with Gasteiger partial charge in [-0.2, -0.15) is 0 Å². The van der Waals surface area contributed by atoms with Crippen LogP contribution in [0.4, 0.5) is 5.69 Å². The number of allylic oxidation sites excluding steroid dienone is 21. The summed E-state index contributed by atoms with van der Waals surface area (Å²) >= 11 is 0. The first-order valence-electron chi connectivity index (χ1n) is 30.7. The van der Waals surface area contributed by atoms with Gasteiger partial charge in [0.1, 0.15) is 0 Å². The summed E-state index contributed by atoms with van der Waals surface area (Å²) in [7, 11) is 0. The minimum atomic E-state index is -0.398. The van der Waals surface area contributed by atoms with Crippen LogP contribution in [0.15, 0.2) is 301 Å². The molecule has 3 unspecified atom stereocenters. The van der Waals surface area contributed by atoms with E-state index in [0.29, 0.717) is 5.92 Å². The zero-order valence-electron chi connectivity index (χ0n) is 53.8. The average Bonchev–Trinajstić information content (AvgIpc) is 4.14. The van der Waals surface area contributed by atoms with E-state index < -0.39 is 5.41 Å². The van der Waals surface area contributed by atoms with Crippen LogP contribution in [0.5, 0.6) is 0 Å². The van der Waals surface area contributed by atoms with Crippen LogP contribution in [0, 0.1) is 12.8 Å². The van der Waals surface area contributed by atoms with E-state index in [4.69, 9.17) is 6.58 Å². The zero-order valence-corrected chi connectivity index (χ0v) is 53.8. The van der Waals surface area contributed by atoms with Crippen LogP contribution in [-0.2, 0) is 10.8 Å². The molecule has 0 spiro atoms. The average molecular weight is 1090 g/mol. The van der Waals surface area contributed by atoms with Gasteiger partial charge in [-0.05, 0) is 154 Å². The van der Waals surface area contributed by atoms with Gasteiger partial charge in [-0.15, -0.1) is 0 Å². The molecule has 7 rings (SSSR count). The van der Waals surface area contributed by atoms with Gasteiger partial charge in [-0.3, -0.25) is 0 Å².